The van der Waals surface area contributed by atoms with Gasteiger partial charge in [0.25, 0.3) is 0 Å². The highest BCUT2D eigenvalue weighted by Crippen LogP contribution is 2.35. The molecule has 1 saturated carbocycles. The average molecular weight is 358 g/mol. The van der Waals surface area contributed by atoms with Gasteiger partial charge in [0, 0.05) is 25.2 Å². The van der Waals surface area contributed by atoms with Crippen LogP contribution in [0.3, 0.4) is 0 Å². The van der Waals surface area contributed by atoms with E-state index in [0.717, 1.165) is 45.1 Å². The predicted molar refractivity (Wildman–Crippen MR) is 88.7 cm³/mol. The van der Waals surface area contributed by atoms with Gasteiger partial charge in [-0.15, -0.1) is 0 Å². The second-order valence-electron chi connectivity index (χ2n) is 6.63. The van der Waals surface area contributed by atoms with Crippen molar-refractivity contribution in [3.8, 4) is 5.75 Å². The van der Waals surface area contributed by atoms with Crippen LogP contribution in [-0.2, 0) is 10.9 Å². The molecule has 0 aromatic heterocycles. The number of ether oxygens (including phenoxy) is 2. The maximum Gasteiger partial charge on any atom is 0.419 e. The normalized spacial score (nSPS) is 27.4. The van der Waals surface area contributed by atoms with Crippen molar-refractivity contribution in [3.05, 3.63) is 29.8 Å². The number of rotatable bonds is 6. The summed E-state index contributed by atoms with van der Waals surface area (Å²) in [5, 5.41) is 6.97. The Kier molecular flexibility index (Phi) is 6.19. The van der Waals surface area contributed by atoms with E-state index in [0.29, 0.717) is 24.5 Å². The van der Waals surface area contributed by atoms with Gasteiger partial charge in [-0.3, -0.25) is 0 Å². The molecule has 2 N–H and O–H groups in total. The lowest BCUT2D eigenvalue weighted by Gasteiger charge is -2.33. The van der Waals surface area contributed by atoms with Crippen molar-refractivity contribution >= 4 is 0 Å². The van der Waals surface area contributed by atoms with Crippen LogP contribution in [0, 0.1) is 5.92 Å². The molecule has 4 nitrogen and oxygen atoms in total. The predicted octanol–water partition coefficient (Wildman–Crippen LogP) is 2.83. The minimum atomic E-state index is -4.40. The lowest BCUT2D eigenvalue weighted by atomic mass is 9.94. The van der Waals surface area contributed by atoms with Crippen LogP contribution in [-0.4, -0.2) is 45.0 Å². The van der Waals surface area contributed by atoms with Crippen LogP contribution < -0.4 is 15.4 Å². The Morgan fingerprint density at radius 2 is 2.08 bits per heavy atom. The molecule has 2 fully saturated rings. The summed E-state index contributed by atoms with van der Waals surface area (Å²) < 4.78 is 49.8. The lowest BCUT2D eigenvalue weighted by molar-refractivity contribution is -0.138. The molecule has 7 heteroatoms. The summed E-state index contributed by atoms with van der Waals surface area (Å²) in [5.74, 6) is 0.393. The van der Waals surface area contributed by atoms with Crippen LogP contribution >= 0.6 is 0 Å². The summed E-state index contributed by atoms with van der Waals surface area (Å²) in [6, 6.07) is 6.06. The zero-order valence-corrected chi connectivity index (χ0v) is 14.1. The van der Waals surface area contributed by atoms with Gasteiger partial charge in [0.1, 0.15) is 12.4 Å². The van der Waals surface area contributed by atoms with Gasteiger partial charge in [0.15, 0.2) is 0 Å². The molecule has 1 aromatic rings. The largest absolute Gasteiger partial charge is 0.492 e. The van der Waals surface area contributed by atoms with Gasteiger partial charge in [0.05, 0.1) is 18.8 Å². The fourth-order valence-electron chi connectivity index (χ4n) is 3.82. The molecule has 1 heterocycles. The standard InChI is InChI=1S/C18H25F3N2O2/c19-18(20,21)14-5-1-2-7-17(14)25-11-9-22-15-6-3-4-13(15)16-12-24-10-8-23-16/h1-2,5,7,13,15-16,22-23H,3-4,6,8-12H2. The first-order valence-corrected chi connectivity index (χ1v) is 8.89. The van der Waals surface area contributed by atoms with Crippen molar-refractivity contribution in [1.29, 1.82) is 0 Å². The van der Waals surface area contributed by atoms with Crippen LogP contribution in [0.5, 0.6) is 5.75 Å². The molecule has 0 radical (unpaired) electrons. The molecule has 1 aliphatic carbocycles. The van der Waals surface area contributed by atoms with E-state index in [9.17, 15) is 13.2 Å². The minimum Gasteiger partial charge on any atom is -0.492 e. The summed E-state index contributed by atoms with van der Waals surface area (Å²) >= 11 is 0. The van der Waals surface area contributed by atoms with Gasteiger partial charge in [0.2, 0.25) is 0 Å². The first-order valence-electron chi connectivity index (χ1n) is 8.89. The summed E-state index contributed by atoms with van der Waals surface area (Å²) in [5.41, 5.74) is -0.725. The summed E-state index contributed by atoms with van der Waals surface area (Å²) in [4.78, 5) is 0. The number of para-hydroxylation sites is 1. The Balaban J connectivity index is 1.47. The van der Waals surface area contributed by atoms with E-state index in [1.165, 1.54) is 12.1 Å². The lowest BCUT2D eigenvalue weighted by Crippen LogP contribution is -2.51. The Labute approximate surface area is 146 Å². The average Bonchev–Trinajstić information content (AvgIpc) is 3.07. The molecule has 1 aromatic carbocycles. The molecule has 2 aliphatic rings. The number of nitrogens with one attached hydrogen (secondary N) is 2. The zero-order chi connectivity index (χ0) is 17.7. The monoisotopic (exact) mass is 358 g/mol. The molecule has 1 saturated heterocycles. The molecule has 0 amide bonds. The van der Waals surface area contributed by atoms with Gasteiger partial charge in [-0.05, 0) is 30.9 Å². The second-order valence-corrected chi connectivity index (χ2v) is 6.63. The van der Waals surface area contributed by atoms with Crippen LogP contribution in [0.25, 0.3) is 0 Å². The van der Waals surface area contributed by atoms with Crippen LogP contribution in [0.15, 0.2) is 24.3 Å². The van der Waals surface area contributed by atoms with Crippen LogP contribution in [0.1, 0.15) is 24.8 Å². The fourth-order valence-corrected chi connectivity index (χ4v) is 3.82. The Morgan fingerprint density at radius 3 is 2.84 bits per heavy atom. The Morgan fingerprint density at radius 1 is 1.24 bits per heavy atom. The highest BCUT2D eigenvalue weighted by atomic mass is 19.4. The van der Waals surface area contributed by atoms with E-state index >= 15 is 0 Å². The second kappa shape index (κ2) is 8.38. The molecule has 25 heavy (non-hydrogen) atoms. The molecular formula is C18H25F3N2O2. The Hall–Kier alpha value is -1.31. The van der Waals surface area contributed by atoms with E-state index in [1.54, 1.807) is 6.07 Å². The van der Waals surface area contributed by atoms with Crippen molar-refractivity contribution in [2.75, 3.05) is 32.9 Å². The first-order chi connectivity index (χ1) is 12.1. The number of hydrogen-bond acceptors (Lipinski definition) is 4. The highest BCUT2D eigenvalue weighted by molar-refractivity contribution is 5.35. The van der Waals surface area contributed by atoms with E-state index in [4.69, 9.17) is 9.47 Å². The molecule has 0 spiro atoms. The first kappa shape index (κ1) is 18.5. The van der Waals surface area contributed by atoms with Crippen LogP contribution in [0.2, 0.25) is 0 Å². The number of morpholine rings is 1. The van der Waals surface area contributed by atoms with Gasteiger partial charge >= 0.3 is 6.18 Å². The summed E-state index contributed by atoms with van der Waals surface area (Å²) in [7, 11) is 0. The Bertz CT molecular complexity index is 547. The number of benzene rings is 1. The number of alkyl halides is 3. The van der Waals surface area contributed by atoms with Gasteiger partial charge in [-0.2, -0.15) is 13.2 Å². The van der Waals surface area contributed by atoms with Gasteiger partial charge < -0.3 is 20.1 Å². The third-order valence-corrected chi connectivity index (χ3v) is 5.00. The van der Waals surface area contributed by atoms with E-state index in [2.05, 4.69) is 10.6 Å². The maximum atomic E-state index is 12.9. The SMILES string of the molecule is FC(F)(F)c1ccccc1OCCNC1CCCC1C1COCCN1. The molecule has 3 unspecified atom stereocenters. The highest BCUT2D eigenvalue weighted by Gasteiger charge is 2.35. The summed E-state index contributed by atoms with van der Waals surface area (Å²) in [6.07, 6.45) is -0.996. The maximum absolute atomic E-state index is 12.9. The topological polar surface area (TPSA) is 42.5 Å². The fraction of sp³-hybridized carbons (Fsp3) is 0.667. The molecule has 3 rings (SSSR count). The molecule has 3 atom stereocenters. The van der Waals surface area contributed by atoms with Crippen molar-refractivity contribution in [1.82, 2.24) is 10.6 Å². The van der Waals surface area contributed by atoms with E-state index in [1.807, 2.05) is 0 Å². The number of hydrogen-bond donors (Lipinski definition) is 2. The van der Waals surface area contributed by atoms with Gasteiger partial charge in [-0.1, -0.05) is 18.6 Å². The smallest absolute Gasteiger partial charge is 0.419 e. The van der Waals surface area contributed by atoms with Crippen molar-refractivity contribution in [2.45, 2.75) is 37.5 Å². The van der Waals surface area contributed by atoms with Crippen molar-refractivity contribution in [2.24, 2.45) is 5.92 Å². The minimum absolute atomic E-state index is 0.109. The van der Waals surface area contributed by atoms with E-state index < -0.39 is 11.7 Å². The quantitative estimate of drug-likeness (QED) is 0.768. The molecule has 140 valence electrons. The van der Waals surface area contributed by atoms with Gasteiger partial charge in [-0.25, -0.2) is 0 Å². The third kappa shape index (κ3) is 4.86. The molecular weight excluding hydrogens is 333 g/mol. The van der Waals surface area contributed by atoms with Crippen molar-refractivity contribution in [3.63, 3.8) is 0 Å². The van der Waals surface area contributed by atoms with Crippen molar-refractivity contribution < 1.29 is 22.6 Å². The molecule has 1 aliphatic heterocycles. The van der Waals surface area contributed by atoms with Crippen LogP contribution in [0.4, 0.5) is 13.2 Å². The molecule has 0 bridgehead atoms. The summed E-state index contributed by atoms with van der Waals surface area (Å²) in [6.45, 7) is 3.11. The zero-order valence-electron chi connectivity index (χ0n) is 14.1. The number of halogens is 3. The van der Waals surface area contributed by atoms with E-state index in [-0.39, 0.29) is 12.4 Å². The third-order valence-electron chi connectivity index (χ3n) is 5.00.